The predicted molar refractivity (Wildman–Crippen MR) is 110 cm³/mol. The van der Waals surface area contributed by atoms with E-state index in [4.69, 9.17) is 0 Å². The highest BCUT2D eigenvalue weighted by atomic mass is 32.1. The number of piperazine rings is 1. The molecule has 31 heavy (non-hydrogen) atoms. The zero-order valence-corrected chi connectivity index (χ0v) is 17.4. The fourth-order valence-corrected chi connectivity index (χ4v) is 4.54. The average Bonchev–Trinajstić information content (AvgIpc) is 3.11. The zero-order chi connectivity index (χ0) is 22.2. The summed E-state index contributed by atoms with van der Waals surface area (Å²) < 4.78 is 53.2. The van der Waals surface area contributed by atoms with Gasteiger partial charge in [0.15, 0.2) is 0 Å². The number of hydrogen-bond acceptors (Lipinski definition) is 6. The fraction of sp³-hybridized carbons (Fsp3) is 0.350. The predicted octanol–water partition coefficient (Wildman–Crippen LogP) is 3.54. The third-order valence-corrected chi connectivity index (χ3v) is 6.33. The van der Waals surface area contributed by atoms with E-state index in [1.807, 2.05) is 4.90 Å². The Morgan fingerprint density at radius 3 is 2.29 bits per heavy atom. The minimum Gasteiger partial charge on any atom is -0.368 e. The second-order valence-corrected chi connectivity index (χ2v) is 8.38. The molecule has 6 nitrogen and oxygen atoms in total. The van der Waals surface area contributed by atoms with Gasteiger partial charge in [-0.15, -0.1) is 11.3 Å². The van der Waals surface area contributed by atoms with Crippen molar-refractivity contribution in [2.45, 2.75) is 19.6 Å². The van der Waals surface area contributed by atoms with Gasteiger partial charge < -0.3 is 9.80 Å². The van der Waals surface area contributed by atoms with Gasteiger partial charge in [-0.25, -0.2) is 14.2 Å². The van der Waals surface area contributed by atoms with Crippen LogP contribution in [-0.2, 0) is 12.7 Å². The van der Waals surface area contributed by atoms with E-state index >= 15 is 0 Å². The molecule has 0 spiro atoms. The van der Waals surface area contributed by atoms with E-state index in [1.54, 1.807) is 12.1 Å². The third-order valence-electron chi connectivity index (χ3n) is 5.06. The summed E-state index contributed by atoms with van der Waals surface area (Å²) in [5, 5.41) is 0. The van der Waals surface area contributed by atoms with Crippen LogP contribution in [0.1, 0.15) is 15.3 Å². The molecular weight excluding hydrogens is 434 g/mol. The van der Waals surface area contributed by atoms with Crippen LogP contribution in [0.3, 0.4) is 0 Å². The van der Waals surface area contributed by atoms with Gasteiger partial charge in [0.25, 0.3) is 0 Å². The van der Waals surface area contributed by atoms with E-state index in [9.17, 15) is 22.4 Å². The van der Waals surface area contributed by atoms with Crippen molar-refractivity contribution in [3.63, 3.8) is 0 Å². The molecule has 3 aromatic rings. The molecule has 0 bridgehead atoms. The van der Waals surface area contributed by atoms with E-state index in [0.717, 1.165) is 5.69 Å². The van der Waals surface area contributed by atoms with E-state index in [1.165, 1.54) is 36.0 Å². The number of hydrogen-bond donors (Lipinski definition) is 0. The summed E-state index contributed by atoms with van der Waals surface area (Å²) in [5.74, 6) is 0.00189. The lowest BCUT2D eigenvalue weighted by Gasteiger charge is -2.36. The van der Waals surface area contributed by atoms with Crippen molar-refractivity contribution in [2.75, 3.05) is 36.0 Å². The van der Waals surface area contributed by atoms with Gasteiger partial charge in [0.1, 0.15) is 17.0 Å². The second kappa shape index (κ2) is 8.29. The van der Waals surface area contributed by atoms with Crippen molar-refractivity contribution in [1.29, 1.82) is 0 Å². The van der Waals surface area contributed by atoms with Gasteiger partial charge in [-0.3, -0.25) is 4.57 Å². The SMILES string of the molecule is Cc1cc(Cn2cnc(N3CCN(c4ccc(F)cc4)CC3)nc2=O)sc1C(F)(F)F. The Hall–Kier alpha value is -2.95. The Morgan fingerprint density at radius 2 is 1.71 bits per heavy atom. The lowest BCUT2D eigenvalue weighted by Crippen LogP contribution is -2.47. The number of thiophene rings is 1. The Bertz CT molecular complexity index is 1120. The first-order valence-corrected chi connectivity index (χ1v) is 10.4. The molecule has 3 heterocycles. The van der Waals surface area contributed by atoms with Crippen molar-refractivity contribution in [3.8, 4) is 0 Å². The highest BCUT2D eigenvalue weighted by molar-refractivity contribution is 7.12. The Kier molecular flexibility index (Phi) is 5.69. The van der Waals surface area contributed by atoms with Crippen molar-refractivity contribution in [1.82, 2.24) is 14.5 Å². The van der Waals surface area contributed by atoms with Gasteiger partial charge >= 0.3 is 11.9 Å². The highest BCUT2D eigenvalue weighted by Gasteiger charge is 2.34. The third kappa shape index (κ3) is 4.71. The van der Waals surface area contributed by atoms with Crippen LogP contribution in [-0.4, -0.2) is 40.7 Å². The molecule has 1 aliphatic rings. The van der Waals surface area contributed by atoms with Gasteiger partial charge in [-0.05, 0) is 42.8 Å². The summed E-state index contributed by atoms with van der Waals surface area (Å²) in [6.45, 7) is 3.87. The molecule has 0 unspecified atom stereocenters. The van der Waals surface area contributed by atoms with Crippen LogP contribution < -0.4 is 15.5 Å². The van der Waals surface area contributed by atoms with Crippen LogP contribution >= 0.6 is 11.3 Å². The Balaban J connectivity index is 1.42. The lowest BCUT2D eigenvalue weighted by molar-refractivity contribution is -0.134. The molecule has 11 heteroatoms. The molecule has 0 amide bonds. The molecule has 0 aliphatic carbocycles. The molecule has 1 aliphatic heterocycles. The summed E-state index contributed by atoms with van der Waals surface area (Å²) in [6, 6.07) is 7.70. The topological polar surface area (TPSA) is 54.3 Å². The molecular formula is C20H19F4N5OS. The first kappa shape index (κ1) is 21.3. The first-order chi connectivity index (χ1) is 14.7. The summed E-state index contributed by atoms with van der Waals surface area (Å²) in [4.78, 5) is 24.4. The molecule has 0 saturated carbocycles. The van der Waals surface area contributed by atoms with Crippen molar-refractivity contribution in [3.05, 3.63) is 68.3 Å². The largest absolute Gasteiger partial charge is 0.425 e. The normalized spacial score (nSPS) is 14.9. The smallest absolute Gasteiger partial charge is 0.368 e. The fourth-order valence-electron chi connectivity index (χ4n) is 3.50. The molecule has 164 valence electrons. The van der Waals surface area contributed by atoms with E-state index in [0.29, 0.717) is 48.3 Å². The standard InChI is InChI=1S/C20H19F4N5OS/c1-13-10-16(31-17(13)20(22,23)24)11-29-12-25-18(26-19(29)30)28-8-6-27(7-9-28)15-4-2-14(21)3-5-15/h2-5,10,12H,6-9,11H2,1H3. The maximum Gasteiger partial charge on any atom is 0.425 e. The summed E-state index contributed by atoms with van der Waals surface area (Å²) in [7, 11) is 0. The lowest BCUT2D eigenvalue weighted by atomic mass is 10.2. The number of anilines is 2. The number of benzene rings is 1. The molecule has 0 N–H and O–H groups in total. The maximum atomic E-state index is 13.1. The number of aromatic nitrogens is 3. The van der Waals surface area contributed by atoms with Crippen molar-refractivity contribution in [2.24, 2.45) is 0 Å². The van der Waals surface area contributed by atoms with Crippen molar-refractivity contribution < 1.29 is 17.6 Å². The Morgan fingerprint density at radius 1 is 1.06 bits per heavy atom. The molecule has 2 aromatic heterocycles. The quantitative estimate of drug-likeness (QED) is 0.566. The number of alkyl halides is 3. The van der Waals surface area contributed by atoms with Gasteiger partial charge in [-0.1, -0.05) is 0 Å². The second-order valence-electron chi connectivity index (χ2n) is 7.24. The van der Waals surface area contributed by atoms with Gasteiger partial charge in [-0.2, -0.15) is 18.2 Å². The van der Waals surface area contributed by atoms with Crippen LogP contribution in [0.5, 0.6) is 0 Å². The molecule has 1 aromatic carbocycles. The highest BCUT2D eigenvalue weighted by Crippen LogP contribution is 2.37. The molecule has 0 atom stereocenters. The number of nitrogens with zero attached hydrogens (tertiary/aromatic N) is 5. The molecule has 4 rings (SSSR count). The number of aryl methyl sites for hydroxylation is 1. The van der Waals surface area contributed by atoms with E-state index in [-0.39, 0.29) is 17.9 Å². The summed E-state index contributed by atoms with van der Waals surface area (Å²) >= 11 is 0.622. The van der Waals surface area contributed by atoms with Gasteiger partial charge in [0, 0.05) is 36.7 Å². The number of halogens is 4. The minimum absolute atomic E-state index is 0.0148. The monoisotopic (exact) mass is 453 g/mol. The minimum atomic E-state index is -4.41. The van der Waals surface area contributed by atoms with E-state index < -0.39 is 16.7 Å². The van der Waals surface area contributed by atoms with Crippen LogP contribution in [0.25, 0.3) is 0 Å². The average molecular weight is 453 g/mol. The van der Waals surface area contributed by atoms with Crippen LogP contribution in [0, 0.1) is 12.7 Å². The molecule has 0 radical (unpaired) electrons. The number of rotatable bonds is 4. The van der Waals surface area contributed by atoms with Crippen molar-refractivity contribution >= 4 is 23.0 Å². The summed E-state index contributed by atoms with van der Waals surface area (Å²) in [6.07, 6.45) is -3.09. The van der Waals surface area contributed by atoms with Gasteiger partial charge in [0.05, 0.1) is 6.54 Å². The zero-order valence-electron chi connectivity index (χ0n) is 16.6. The van der Waals surface area contributed by atoms with E-state index in [2.05, 4.69) is 14.9 Å². The maximum absolute atomic E-state index is 13.1. The molecule has 1 fully saturated rings. The van der Waals surface area contributed by atoms with Crippen LogP contribution in [0.2, 0.25) is 0 Å². The Labute approximate surface area is 179 Å². The van der Waals surface area contributed by atoms with Crippen LogP contribution in [0.15, 0.2) is 41.5 Å². The molecule has 1 saturated heterocycles. The van der Waals surface area contributed by atoms with Crippen LogP contribution in [0.4, 0.5) is 29.2 Å². The first-order valence-electron chi connectivity index (χ1n) is 9.56. The van der Waals surface area contributed by atoms with Gasteiger partial charge in [0.2, 0.25) is 5.95 Å². The summed E-state index contributed by atoms with van der Waals surface area (Å²) in [5.41, 5.74) is 0.490.